The summed E-state index contributed by atoms with van der Waals surface area (Å²) in [6, 6.07) is 56.4. The van der Waals surface area contributed by atoms with E-state index in [4.69, 9.17) is 54.1 Å². The fourth-order valence-electron chi connectivity index (χ4n) is 12.9. The molecule has 0 spiro atoms. The number of halogens is 15. The van der Waals surface area contributed by atoms with E-state index in [2.05, 4.69) is 74.8 Å². The molecule has 0 saturated heterocycles. The number of ether oxygens (including phenoxy) is 3. The average Bonchev–Trinajstić information content (AvgIpc) is 1.66. The number of aromatic nitrogens is 15. The third-order valence-electron chi connectivity index (χ3n) is 19.6. The molecule has 0 saturated carbocycles. The minimum absolute atomic E-state index is 0. The fourth-order valence-corrected chi connectivity index (χ4v) is 13.3. The molecule has 0 fully saturated rings. The molecule has 4 aromatic carbocycles. The van der Waals surface area contributed by atoms with Crippen LogP contribution in [0.5, 0.6) is 17.6 Å². The van der Waals surface area contributed by atoms with Gasteiger partial charge in [-0.3, -0.25) is 14.4 Å². The van der Waals surface area contributed by atoms with Gasteiger partial charge in [0.15, 0.2) is 11.6 Å². The molecule has 7 N–H and O–H groups in total. The average molecular weight is 1920 g/mol. The fraction of sp³-hybridized carbons (Fsp3) is 0.112. The highest BCUT2D eigenvalue weighted by atomic mass is 35.5. The van der Waals surface area contributed by atoms with Gasteiger partial charge in [0.05, 0.1) is 34.4 Å². The topological polar surface area (TPSA) is 327 Å². The van der Waals surface area contributed by atoms with Gasteiger partial charge in [0.25, 0.3) is 5.24 Å². The Morgan fingerprint density at radius 2 is 0.743 bits per heavy atom. The summed E-state index contributed by atoms with van der Waals surface area (Å²) in [5, 5.41) is 24.0. The first-order valence-electron chi connectivity index (χ1n) is 40.0. The minimum Gasteiger partial charge on any atom is -0.473 e. The van der Waals surface area contributed by atoms with E-state index in [1.54, 1.807) is 129 Å². The number of hydrogen-bond acceptors (Lipinski definition) is 18. The number of H-pyrrole nitrogens is 5. The first-order chi connectivity index (χ1) is 64.8. The number of benzene rings is 4. The van der Waals surface area contributed by atoms with Gasteiger partial charge in [-0.05, 0) is 197 Å². The van der Waals surface area contributed by atoms with Crippen LogP contribution in [0.15, 0.2) is 317 Å². The van der Waals surface area contributed by atoms with Crippen LogP contribution in [0, 0.1) is 0 Å². The second-order valence-electron chi connectivity index (χ2n) is 28.9. The van der Waals surface area contributed by atoms with Gasteiger partial charge in [-0.2, -0.15) is 52.7 Å². The summed E-state index contributed by atoms with van der Waals surface area (Å²) in [4.78, 5) is 91.4. The van der Waals surface area contributed by atoms with Crippen molar-refractivity contribution in [3.05, 3.63) is 422 Å². The lowest BCUT2D eigenvalue weighted by Gasteiger charge is -2.12. The van der Waals surface area contributed by atoms with E-state index in [9.17, 15) is 72.2 Å². The van der Waals surface area contributed by atoms with E-state index in [0.29, 0.717) is 101 Å². The van der Waals surface area contributed by atoms with Crippen molar-refractivity contribution in [2.24, 2.45) is 0 Å². The van der Waals surface area contributed by atoms with Crippen LogP contribution < -0.4 is 14.2 Å². The number of aliphatic hydroxyl groups excluding tert-OH is 2. The summed E-state index contributed by atoms with van der Waals surface area (Å²) < 4.78 is 167. The Bertz CT molecular complexity index is 7160. The minimum atomic E-state index is -4.41. The first kappa shape index (κ1) is 99.5. The molecule has 136 heavy (non-hydrogen) atoms. The maximum absolute atomic E-state index is 12.8. The monoisotopic (exact) mass is 1920 g/mol. The molecule has 1 atom stereocenters. The smallest absolute Gasteiger partial charge is 0.416 e. The molecule has 19 aromatic rings. The van der Waals surface area contributed by atoms with Gasteiger partial charge >= 0.3 is 24.7 Å². The lowest BCUT2D eigenvalue weighted by molar-refractivity contribution is -0.138. The zero-order chi connectivity index (χ0) is 95.8. The Morgan fingerprint density at radius 3 is 1.16 bits per heavy atom. The van der Waals surface area contributed by atoms with Crippen LogP contribution in [0.1, 0.15) is 122 Å². The maximum Gasteiger partial charge on any atom is 0.416 e. The van der Waals surface area contributed by atoms with Crippen molar-refractivity contribution >= 4 is 107 Å². The number of aliphatic hydroxyl groups is 2. The van der Waals surface area contributed by atoms with E-state index >= 15 is 0 Å². The van der Waals surface area contributed by atoms with Crippen molar-refractivity contribution in [3.8, 4) is 17.6 Å². The molecule has 15 heterocycles. The first-order valence-corrected chi connectivity index (χ1v) is 41.2. The number of fused-ring (bicyclic) bond motifs is 5. The van der Waals surface area contributed by atoms with Crippen LogP contribution in [0.3, 0.4) is 0 Å². The number of ketones is 2. The third-order valence-corrected chi connectivity index (χ3v) is 20.3. The summed E-state index contributed by atoms with van der Waals surface area (Å²) in [6.07, 6.45) is 6.88. The number of rotatable bonds is 19. The van der Waals surface area contributed by atoms with E-state index in [1.807, 2.05) is 60.9 Å². The van der Waals surface area contributed by atoms with Crippen LogP contribution in [0.4, 0.5) is 52.7 Å². The van der Waals surface area contributed by atoms with Crippen molar-refractivity contribution in [1.82, 2.24) is 74.8 Å². The van der Waals surface area contributed by atoms with Gasteiger partial charge in [-0.25, -0.2) is 49.8 Å². The van der Waals surface area contributed by atoms with Crippen molar-refractivity contribution in [3.63, 3.8) is 0 Å². The number of pyridine rings is 10. The molecule has 15 aromatic heterocycles. The summed E-state index contributed by atoms with van der Waals surface area (Å²) in [5.41, 5.74) is 7.99. The Morgan fingerprint density at radius 1 is 0.360 bits per heavy atom. The molecule has 38 heteroatoms. The van der Waals surface area contributed by atoms with E-state index in [0.717, 1.165) is 92.5 Å². The Labute approximate surface area is 779 Å². The molecular formula is C98H74Cl3F12N15O8. The number of aromatic amines is 5. The highest BCUT2D eigenvalue weighted by Gasteiger charge is 2.34. The van der Waals surface area contributed by atoms with Gasteiger partial charge in [0.1, 0.15) is 64.5 Å². The van der Waals surface area contributed by atoms with E-state index in [1.165, 1.54) is 79.4 Å². The van der Waals surface area contributed by atoms with Crippen molar-refractivity contribution in [1.29, 1.82) is 0 Å². The van der Waals surface area contributed by atoms with Crippen LogP contribution in [-0.2, 0) is 57.6 Å². The standard InChI is InChI=1S/C21H16F3N3O2.C21H14F3N3O2.C21H16F3N3O.C13H8ClN3O.C8H7F3O.C7H6N2.C6H3Cl2NO.CH4/c2*22-21(23,24)15-4-1-3-13(9-15)12-29-18-7-6-14(10-26-18)19(28)17-11-27-20-16(17)5-2-8-25-20;22-21(23,24)17-4-1-3-15(10-17)13-28-19-7-6-14(11-26-19)9-16-12-27-20-18(16)5-2-8-25-20;14-11-4-3-8(6-16-11)12(18)10-7-17-13-9(10)2-1-5-15-13;9-8(10,11)7-3-1-2-6(4-7)5-12;1-2-6-3-5-9-7(6)8-4-1;7-5-2-1-4(3-9-5)6(8)10;/h1-11,19,28H,12H2,(H,25,27);1-11H,12H2,(H,25,27);1-8,10-12H,9,13H2,(H,25,27);1-7H,(H,15,17);1-4,12H,5H2;1-5H,(H,8,9);1-3H;1H4. The molecule has 0 aliphatic rings. The molecule has 23 nitrogen and oxygen atoms in total. The predicted octanol–water partition coefficient (Wildman–Crippen LogP) is 23.9. The van der Waals surface area contributed by atoms with Gasteiger partial charge < -0.3 is 49.3 Å². The maximum atomic E-state index is 12.8. The van der Waals surface area contributed by atoms with Gasteiger partial charge in [-0.15, -0.1) is 0 Å². The largest absolute Gasteiger partial charge is 0.473 e. The molecule has 0 amide bonds. The molecule has 19 rings (SSSR count). The van der Waals surface area contributed by atoms with E-state index in [-0.39, 0.29) is 62.7 Å². The number of hydrogen-bond donors (Lipinski definition) is 7. The zero-order valence-corrected chi connectivity index (χ0v) is 71.9. The lowest BCUT2D eigenvalue weighted by Crippen LogP contribution is -2.06. The van der Waals surface area contributed by atoms with Crippen molar-refractivity contribution in [2.75, 3.05) is 0 Å². The van der Waals surface area contributed by atoms with Crippen LogP contribution in [0.2, 0.25) is 10.3 Å². The second-order valence-corrected chi connectivity index (χ2v) is 30.0. The summed E-state index contributed by atoms with van der Waals surface area (Å²) in [5.74, 6) is 0.500. The molecule has 0 radical (unpaired) electrons. The highest BCUT2D eigenvalue weighted by molar-refractivity contribution is 6.67. The summed E-state index contributed by atoms with van der Waals surface area (Å²) in [6.45, 7) is -0.473. The third kappa shape index (κ3) is 27.3. The molecule has 0 bridgehead atoms. The SMILES string of the molecule is C.FC(F)(F)c1cccc(COc2ccc(Cc3c[nH]c4ncccc34)cn2)c1.O=C(Cl)c1ccc(Cl)nc1.O=C(c1ccc(Cl)nc1)c1c[nH]c2ncccc12.O=C(c1ccc(OCc2cccc(C(F)(F)F)c2)nc1)c1c[nH]c2ncccc12.OC(c1ccc(OCc2cccc(C(F)(F)F)c2)nc1)c1c[nH]c2ncccc12.OCc1cccc(C(F)(F)F)c1.c1cnc2[nH]ccc2c1. The number of carbonyl (C=O) groups is 3. The van der Waals surface area contributed by atoms with Crippen molar-refractivity contribution in [2.45, 2.75) is 71.1 Å². The highest BCUT2D eigenvalue weighted by Crippen LogP contribution is 2.36. The Hall–Kier alpha value is -15.6. The summed E-state index contributed by atoms with van der Waals surface area (Å²) >= 11 is 16.3. The number of carbonyl (C=O) groups excluding carboxylic acids is 3. The van der Waals surface area contributed by atoms with Gasteiger partial charge in [0.2, 0.25) is 17.6 Å². The van der Waals surface area contributed by atoms with Crippen molar-refractivity contribution < 1.29 is 91.5 Å². The van der Waals surface area contributed by atoms with Crippen LogP contribution in [-0.4, -0.2) is 102 Å². The Kier molecular flexibility index (Phi) is 33.4. The molecule has 0 aliphatic heterocycles. The summed E-state index contributed by atoms with van der Waals surface area (Å²) in [7, 11) is 0. The number of nitrogens with one attached hydrogen (secondary N) is 5. The van der Waals surface area contributed by atoms with E-state index < -0.39 is 58.3 Å². The lowest BCUT2D eigenvalue weighted by atomic mass is 10.0. The quantitative estimate of drug-likeness (QED) is 0.0171. The normalized spacial score (nSPS) is 11.4. The number of alkyl halides is 12. The van der Waals surface area contributed by atoms with Gasteiger partial charge in [0, 0.05) is 178 Å². The molecule has 694 valence electrons. The van der Waals surface area contributed by atoms with Crippen LogP contribution >= 0.6 is 34.8 Å². The number of nitrogens with zero attached hydrogens (tertiary/aromatic N) is 10. The van der Waals surface area contributed by atoms with Crippen LogP contribution in [0.25, 0.3) is 55.2 Å². The Balaban J connectivity index is 0.000000148. The molecule has 0 aliphatic carbocycles. The second kappa shape index (κ2) is 45.7. The van der Waals surface area contributed by atoms with Gasteiger partial charge in [-0.1, -0.05) is 85.2 Å². The molecular weight excluding hydrogens is 1850 g/mol. The zero-order valence-electron chi connectivity index (χ0n) is 69.6. The predicted molar refractivity (Wildman–Crippen MR) is 487 cm³/mol. The molecule has 1 unspecified atom stereocenters.